The summed E-state index contributed by atoms with van der Waals surface area (Å²) in [5.41, 5.74) is 1.38. The van der Waals surface area contributed by atoms with Crippen molar-refractivity contribution in [3.8, 4) is 5.75 Å². The van der Waals surface area contributed by atoms with E-state index in [1.165, 1.54) is 0 Å². The number of fused-ring (bicyclic) bond motifs is 1. The number of nitrogens with zero attached hydrogens (tertiary/aromatic N) is 1. The minimum absolute atomic E-state index is 0.0114. The lowest BCUT2D eigenvalue weighted by Crippen LogP contribution is -2.43. The molecule has 1 aliphatic rings. The number of halogens is 4. The zero-order chi connectivity index (χ0) is 28.4. The first kappa shape index (κ1) is 28.5. The van der Waals surface area contributed by atoms with Crippen molar-refractivity contribution in [2.75, 3.05) is 10.8 Å². The molecule has 0 amide bonds. The molecule has 1 atom stereocenters. The molecular weight excluding hydrogens is 555 g/mol. The smallest absolute Gasteiger partial charge is 0.416 e. The fourth-order valence-corrected chi connectivity index (χ4v) is 6.14. The summed E-state index contributed by atoms with van der Waals surface area (Å²) in [6.07, 6.45) is -3.32. The van der Waals surface area contributed by atoms with E-state index in [0.29, 0.717) is 23.1 Å². The molecule has 3 aromatic carbocycles. The number of sulfonamides is 1. The van der Waals surface area contributed by atoms with Crippen LogP contribution in [-0.2, 0) is 21.0 Å². The van der Waals surface area contributed by atoms with Crippen molar-refractivity contribution in [1.29, 1.82) is 0 Å². The predicted molar refractivity (Wildman–Crippen MR) is 143 cm³/mol. The molecule has 3 aromatic rings. The van der Waals surface area contributed by atoms with Crippen LogP contribution in [0, 0.1) is 0 Å². The van der Waals surface area contributed by atoms with E-state index < -0.39 is 38.7 Å². The molecule has 0 saturated carbocycles. The summed E-state index contributed by atoms with van der Waals surface area (Å²) in [5.74, 6) is -0.899. The molecule has 206 valence electrons. The Hall–Kier alpha value is -3.50. The molecule has 1 aliphatic heterocycles. The summed E-state index contributed by atoms with van der Waals surface area (Å²) in [7, 11) is -4.48. The largest absolute Gasteiger partial charge is 0.486 e. The highest BCUT2D eigenvalue weighted by Crippen LogP contribution is 2.40. The highest BCUT2D eigenvalue weighted by molar-refractivity contribution is 7.92. The van der Waals surface area contributed by atoms with Crippen LogP contribution in [0.5, 0.6) is 5.75 Å². The third-order valence-electron chi connectivity index (χ3n) is 6.29. The SMILES string of the molecule is CCC(=Cc1ccc2c(c1)N(S(=O)(=O)c1cccc(C(F)(F)F)c1)C[C@H](CCC(=O)O)O2)c1ccccc1Cl. The minimum atomic E-state index is -4.73. The number of carboxylic acids is 1. The van der Waals surface area contributed by atoms with Crippen LogP contribution in [0.2, 0.25) is 5.02 Å². The van der Waals surface area contributed by atoms with Crippen molar-refractivity contribution in [3.05, 3.63) is 88.4 Å². The van der Waals surface area contributed by atoms with Gasteiger partial charge in [0.1, 0.15) is 11.9 Å². The van der Waals surface area contributed by atoms with E-state index in [1.54, 1.807) is 24.3 Å². The number of benzene rings is 3. The second-order valence-electron chi connectivity index (χ2n) is 8.96. The van der Waals surface area contributed by atoms with E-state index >= 15 is 0 Å². The molecule has 6 nitrogen and oxygen atoms in total. The lowest BCUT2D eigenvalue weighted by Gasteiger charge is -2.35. The Morgan fingerprint density at radius 3 is 2.54 bits per heavy atom. The van der Waals surface area contributed by atoms with E-state index in [1.807, 2.05) is 31.2 Å². The fraction of sp³-hybridized carbons (Fsp3) is 0.250. The van der Waals surface area contributed by atoms with Gasteiger partial charge in [0.05, 0.1) is 22.7 Å². The number of rotatable bonds is 8. The van der Waals surface area contributed by atoms with E-state index in [0.717, 1.165) is 33.6 Å². The number of carboxylic acid groups (broad SMARTS) is 1. The van der Waals surface area contributed by atoms with Gasteiger partial charge in [0.25, 0.3) is 10.0 Å². The van der Waals surface area contributed by atoms with Gasteiger partial charge in [-0.05, 0) is 65.9 Å². The van der Waals surface area contributed by atoms with Gasteiger partial charge in [-0.1, -0.05) is 54.9 Å². The molecule has 1 N–H and O–H groups in total. The van der Waals surface area contributed by atoms with Crippen LogP contribution in [0.4, 0.5) is 18.9 Å². The maximum atomic E-state index is 13.7. The maximum Gasteiger partial charge on any atom is 0.416 e. The number of anilines is 1. The monoisotopic (exact) mass is 579 g/mol. The lowest BCUT2D eigenvalue weighted by atomic mass is 10.00. The van der Waals surface area contributed by atoms with E-state index in [4.69, 9.17) is 21.4 Å². The lowest BCUT2D eigenvalue weighted by molar-refractivity contribution is -0.138. The summed E-state index contributed by atoms with van der Waals surface area (Å²) < 4.78 is 74.4. The quantitative estimate of drug-likeness (QED) is 0.287. The molecular formula is C28H25ClF3NO5S. The second kappa shape index (κ2) is 11.3. The topological polar surface area (TPSA) is 83.9 Å². The van der Waals surface area contributed by atoms with Gasteiger partial charge in [-0.3, -0.25) is 9.10 Å². The van der Waals surface area contributed by atoms with Crippen molar-refractivity contribution in [2.45, 2.75) is 43.4 Å². The third-order valence-corrected chi connectivity index (χ3v) is 8.39. The highest BCUT2D eigenvalue weighted by atomic mass is 35.5. The van der Waals surface area contributed by atoms with Crippen LogP contribution in [0.25, 0.3) is 11.6 Å². The van der Waals surface area contributed by atoms with Crippen LogP contribution in [0.15, 0.2) is 71.6 Å². The predicted octanol–water partition coefficient (Wildman–Crippen LogP) is 7.13. The van der Waals surface area contributed by atoms with Crippen molar-refractivity contribution in [3.63, 3.8) is 0 Å². The summed E-state index contributed by atoms with van der Waals surface area (Å²) in [5, 5.41) is 9.65. The standard InChI is InChI=1S/C28H25ClF3NO5S/c1-2-19(23-8-3-4-9-24(23)29)14-18-10-12-26-25(15-18)33(17-21(38-26)11-13-27(34)35)39(36,37)22-7-5-6-20(16-22)28(30,31)32/h3-10,12,14-16,21H,2,11,13,17H2,1H3,(H,34,35)/t21-/m0/s1. The molecule has 0 aliphatic carbocycles. The Bertz CT molecular complexity index is 1520. The molecule has 0 radical (unpaired) electrons. The number of alkyl halides is 3. The molecule has 1 heterocycles. The summed E-state index contributed by atoms with van der Waals surface area (Å²) >= 11 is 6.37. The van der Waals surface area contributed by atoms with Crippen LogP contribution in [0.1, 0.15) is 42.9 Å². The maximum absolute atomic E-state index is 13.7. The minimum Gasteiger partial charge on any atom is -0.486 e. The molecule has 4 rings (SSSR count). The number of allylic oxidation sites excluding steroid dienone is 1. The molecule has 0 aromatic heterocycles. The first-order valence-electron chi connectivity index (χ1n) is 12.1. The Kier molecular flexibility index (Phi) is 8.27. The summed E-state index contributed by atoms with van der Waals surface area (Å²) in [4.78, 5) is 10.6. The van der Waals surface area contributed by atoms with Gasteiger partial charge in [0.15, 0.2) is 0 Å². The van der Waals surface area contributed by atoms with Crippen molar-refractivity contribution >= 4 is 44.9 Å². The van der Waals surface area contributed by atoms with Crippen molar-refractivity contribution in [2.24, 2.45) is 0 Å². The fourth-order valence-electron chi connectivity index (χ4n) is 4.33. The van der Waals surface area contributed by atoms with Crippen LogP contribution >= 0.6 is 11.6 Å². The van der Waals surface area contributed by atoms with Crippen molar-refractivity contribution in [1.82, 2.24) is 0 Å². The Balaban J connectivity index is 1.81. The molecule has 39 heavy (non-hydrogen) atoms. The van der Waals surface area contributed by atoms with Gasteiger partial charge in [-0.2, -0.15) is 13.2 Å². The zero-order valence-electron chi connectivity index (χ0n) is 20.8. The normalized spacial score (nSPS) is 16.0. The molecule has 0 fully saturated rings. The van der Waals surface area contributed by atoms with Gasteiger partial charge < -0.3 is 9.84 Å². The van der Waals surface area contributed by atoms with E-state index in [2.05, 4.69) is 0 Å². The highest BCUT2D eigenvalue weighted by Gasteiger charge is 2.37. The average Bonchev–Trinajstić information content (AvgIpc) is 2.90. The molecule has 0 saturated heterocycles. The van der Waals surface area contributed by atoms with E-state index in [9.17, 15) is 26.4 Å². The average molecular weight is 580 g/mol. The summed E-state index contributed by atoms with van der Waals surface area (Å²) in [6, 6.07) is 15.7. The number of hydrogen-bond donors (Lipinski definition) is 1. The van der Waals surface area contributed by atoms with Gasteiger partial charge in [0.2, 0.25) is 0 Å². The summed E-state index contributed by atoms with van der Waals surface area (Å²) in [6.45, 7) is 1.69. The Labute approximate surface area is 229 Å². The first-order valence-corrected chi connectivity index (χ1v) is 13.9. The molecule has 0 unspecified atom stereocenters. The van der Waals surface area contributed by atoms with Crippen LogP contribution in [0.3, 0.4) is 0 Å². The first-order chi connectivity index (χ1) is 18.4. The number of aliphatic carboxylic acids is 1. The Morgan fingerprint density at radius 2 is 1.87 bits per heavy atom. The van der Waals surface area contributed by atoms with Crippen LogP contribution < -0.4 is 9.04 Å². The van der Waals surface area contributed by atoms with E-state index in [-0.39, 0.29) is 30.8 Å². The van der Waals surface area contributed by atoms with Gasteiger partial charge in [-0.15, -0.1) is 0 Å². The molecule has 0 spiro atoms. The van der Waals surface area contributed by atoms with Gasteiger partial charge >= 0.3 is 12.1 Å². The number of carbonyl (C=O) groups is 1. The zero-order valence-corrected chi connectivity index (χ0v) is 22.4. The molecule has 11 heteroatoms. The second-order valence-corrected chi connectivity index (χ2v) is 11.2. The Morgan fingerprint density at radius 1 is 1.13 bits per heavy atom. The van der Waals surface area contributed by atoms with Crippen LogP contribution in [-0.4, -0.2) is 32.1 Å². The molecule has 0 bridgehead atoms. The third kappa shape index (κ3) is 6.39. The van der Waals surface area contributed by atoms with Crippen molar-refractivity contribution < 1.29 is 36.2 Å². The van der Waals surface area contributed by atoms with Gasteiger partial charge in [0, 0.05) is 11.4 Å². The number of hydrogen-bond acceptors (Lipinski definition) is 4. The number of ether oxygens (including phenoxy) is 1. The van der Waals surface area contributed by atoms with Gasteiger partial charge in [-0.25, -0.2) is 8.42 Å².